The van der Waals surface area contributed by atoms with Gasteiger partial charge in [-0.25, -0.2) is 8.42 Å². The van der Waals surface area contributed by atoms with Gasteiger partial charge >= 0.3 is 0 Å². The van der Waals surface area contributed by atoms with E-state index < -0.39 is 22.0 Å². The fourth-order valence-corrected chi connectivity index (χ4v) is 4.05. The molecule has 0 fully saturated rings. The first-order chi connectivity index (χ1) is 11.8. The standard InChI is InChI=1S/C17H20ClN3O3S/c1-12(2)16(17(22)20-11-13-6-5-9-19-10-13)21-25(23,24)15-8-4-3-7-14(15)18/h3-10,12,16,21H,11H2,1-2H3,(H,20,22)/t16-/m0/s1. The van der Waals surface area contributed by atoms with Gasteiger partial charge in [-0.1, -0.05) is 43.6 Å². The Morgan fingerprint density at radius 2 is 1.92 bits per heavy atom. The van der Waals surface area contributed by atoms with Gasteiger partial charge in [0.2, 0.25) is 15.9 Å². The molecule has 1 atom stereocenters. The fourth-order valence-electron chi connectivity index (χ4n) is 2.19. The first kappa shape index (κ1) is 19.4. The maximum absolute atomic E-state index is 12.6. The zero-order chi connectivity index (χ0) is 18.4. The van der Waals surface area contributed by atoms with Crippen molar-refractivity contribution in [2.45, 2.75) is 31.3 Å². The molecule has 0 unspecified atom stereocenters. The normalized spacial score (nSPS) is 12.8. The van der Waals surface area contributed by atoms with Gasteiger partial charge in [0.15, 0.2) is 0 Å². The number of hydrogen-bond acceptors (Lipinski definition) is 4. The number of nitrogens with one attached hydrogen (secondary N) is 2. The quantitative estimate of drug-likeness (QED) is 0.770. The summed E-state index contributed by atoms with van der Waals surface area (Å²) < 4.78 is 27.6. The minimum Gasteiger partial charge on any atom is -0.351 e. The highest BCUT2D eigenvalue weighted by Crippen LogP contribution is 2.21. The van der Waals surface area contributed by atoms with Gasteiger partial charge in [0, 0.05) is 18.9 Å². The molecule has 1 heterocycles. The van der Waals surface area contributed by atoms with Crippen LogP contribution in [0.3, 0.4) is 0 Å². The molecule has 0 radical (unpaired) electrons. The van der Waals surface area contributed by atoms with Crippen LogP contribution in [0.1, 0.15) is 19.4 Å². The van der Waals surface area contributed by atoms with Crippen molar-refractivity contribution >= 4 is 27.5 Å². The first-order valence-corrected chi connectivity index (χ1v) is 9.61. The molecule has 2 rings (SSSR count). The minimum atomic E-state index is -3.92. The van der Waals surface area contributed by atoms with E-state index in [2.05, 4.69) is 15.0 Å². The molecule has 0 aliphatic rings. The number of sulfonamides is 1. The summed E-state index contributed by atoms with van der Waals surface area (Å²) >= 11 is 5.97. The van der Waals surface area contributed by atoms with Gasteiger partial charge < -0.3 is 5.32 Å². The molecule has 6 nitrogen and oxygen atoms in total. The number of benzene rings is 1. The Balaban J connectivity index is 2.12. The lowest BCUT2D eigenvalue weighted by Crippen LogP contribution is -2.49. The predicted octanol–water partition coefficient (Wildman–Crippen LogP) is 2.35. The molecule has 8 heteroatoms. The molecular weight excluding hydrogens is 362 g/mol. The van der Waals surface area contributed by atoms with Crippen LogP contribution in [0, 0.1) is 5.92 Å². The number of carbonyl (C=O) groups is 1. The van der Waals surface area contributed by atoms with Crippen LogP contribution in [0.2, 0.25) is 5.02 Å². The Bertz CT molecular complexity index is 826. The maximum atomic E-state index is 12.6. The van der Waals surface area contributed by atoms with Crippen molar-refractivity contribution in [2.24, 2.45) is 5.92 Å². The van der Waals surface area contributed by atoms with Crippen LogP contribution in [0.15, 0.2) is 53.7 Å². The summed E-state index contributed by atoms with van der Waals surface area (Å²) in [6.07, 6.45) is 3.28. The monoisotopic (exact) mass is 381 g/mol. The van der Waals surface area contributed by atoms with E-state index >= 15 is 0 Å². The predicted molar refractivity (Wildman–Crippen MR) is 96.5 cm³/mol. The van der Waals surface area contributed by atoms with Crippen molar-refractivity contribution in [2.75, 3.05) is 0 Å². The lowest BCUT2D eigenvalue weighted by atomic mass is 10.0. The number of rotatable bonds is 7. The molecule has 0 aliphatic heterocycles. The second kappa shape index (κ2) is 8.42. The van der Waals surface area contributed by atoms with Crippen LogP contribution in [0.4, 0.5) is 0 Å². The third-order valence-electron chi connectivity index (χ3n) is 3.55. The number of aromatic nitrogens is 1. The number of pyridine rings is 1. The van der Waals surface area contributed by atoms with Gasteiger partial charge in [-0.2, -0.15) is 4.72 Å². The van der Waals surface area contributed by atoms with E-state index in [-0.39, 0.29) is 22.4 Å². The summed E-state index contributed by atoms with van der Waals surface area (Å²) in [4.78, 5) is 16.4. The van der Waals surface area contributed by atoms with Crippen molar-refractivity contribution < 1.29 is 13.2 Å². The number of hydrogen-bond donors (Lipinski definition) is 2. The number of nitrogens with zero attached hydrogens (tertiary/aromatic N) is 1. The number of halogens is 1. The van der Waals surface area contributed by atoms with Crippen LogP contribution in [0.25, 0.3) is 0 Å². The van der Waals surface area contributed by atoms with Gasteiger partial charge in [-0.05, 0) is 29.7 Å². The summed E-state index contributed by atoms with van der Waals surface area (Å²) in [6, 6.07) is 8.78. The molecule has 25 heavy (non-hydrogen) atoms. The molecule has 0 saturated carbocycles. The smallest absolute Gasteiger partial charge is 0.242 e. The summed E-state index contributed by atoms with van der Waals surface area (Å²) in [7, 11) is -3.92. The Kier molecular flexibility index (Phi) is 6.52. The van der Waals surface area contributed by atoms with E-state index in [1.54, 1.807) is 44.4 Å². The average Bonchev–Trinajstić information content (AvgIpc) is 2.58. The molecule has 0 spiro atoms. The highest BCUT2D eigenvalue weighted by atomic mass is 35.5. The maximum Gasteiger partial charge on any atom is 0.242 e. The van der Waals surface area contributed by atoms with Gasteiger partial charge in [0.05, 0.1) is 5.02 Å². The summed E-state index contributed by atoms with van der Waals surface area (Å²) in [5.74, 6) is -0.652. The number of amides is 1. The van der Waals surface area contributed by atoms with Gasteiger partial charge in [0.25, 0.3) is 0 Å². The summed E-state index contributed by atoms with van der Waals surface area (Å²) in [5, 5.41) is 2.84. The first-order valence-electron chi connectivity index (χ1n) is 7.74. The Labute approximate surface area is 152 Å². The van der Waals surface area contributed by atoms with Crippen molar-refractivity contribution in [1.29, 1.82) is 0 Å². The second-order valence-electron chi connectivity index (χ2n) is 5.85. The molecule has 0 bridgehead atoms. The third kappa shape index (κ3) is 5.26. The molecule has 1 aromatic heterocycles. The third-order valence-corrected chi connectivity index (χ3v) is 5.49. The van der Waals surface area contributed by atoms with E-state index in [4.69, 9.17) is 11.6 Å². The molecule has 0 aliphatic carbocycles. The molecular formula is C17H20ClN3O3S. The topological polar surface area (TPSA) is 88.2 Å². The van der Waals surface area contributed by atoms with Crippen molar-refractivity contribution in [1.82, 2.24) is 15.0 Å². The van der Waals surface area contributed by atoms with E-state index in [1.165, 1.54) is 12.1 Å². The van der Waals surface area contributed by atoms with E-state index in [0.717, 1.165) is 5.56 Å². The van der Waals surface area contributed by atoms with Crippen LogP contribution in [0.5, 0.6) is 0 Å². The molecule has 1 amide bonds. The Hall–Kier alpha value is -1.96. The van der Waals surface area contributed by atoms with Crippen molar-refractivity contribution in [3.63, 3.8) is 0 Å². The molecule has 2 aromatic rings. The highest BCUT2D eigenvalue weighted by molar-refractivity contribution is 7.89. The molecule has 1 aromatic carbocycles. The van der Waals surface area contributed by atoms with Crippen LogP contribution in [-0.4, -0.2) is 25.4 Å². The van der Waals surface area contributed by atoms with Crippen LogP contribution in [-0.2, 0) is 21.4 Å². The Morgan fingerprint density at radius 3 is 2.52 bits per heavy atom. The Morgan fingerprint density at radius 1 is 1.20 bits per heavy atom. The SMILES string of the molecule is CC(C)[C@H](NS(=O)(=O)c1ccccc1Cl)C(=O)NCc1cccnc1. The molecule has 2 N–H and O–H groups in total. The minimum absolute atomic E-state index is 0.0534. The van der Waals surface area contributed by atoms with Crippen LogP contribution >= 0.6 is 11.6 Å². The van der Waals surface area contributed by atoms with E-state index in [1.807, 2.05) is 6.07 Å². The summed E-state index contributed by atoms with van der Waals surface area (Å²) in [5.41, 5.74) is 0.826. The van der Waals surface area contributed by atoms with Crippen molar-refractivity contribution in [3.05, 3.63) is 59.4 Å². The molecule has 134 valence electrons. The van der Waals surface area contributed by atoms with E-state index in [9.17, 15) is 13.2 Å². The largest absolute Gasteiger partial charge is 0.351 e. The lowest BCUT2D eigenvalue weighted by molar-refractivity contribution is -0.123. The van der Waals surface area contributed by atoms with E-state index in [0.29, 0.717) is 0 Å². The van der Waals surface area contributed by atoms with Gasteiger partial charge in [-0.15, -0.1) is 0 Å². The number of carbonyl (C=O) groups excluding carboxylic acids is 1. The zero-order valence-electron chi connectivity index (χ0n) is 13.9. The second-order valence-corrected chi connectivity index (χ2v) is 7.94. The average molecular weight is 382 g/mol. The molecule has 0 saturated heterocycles. The van der Waals surface area contributed by atoms with Crippen LogP contribution < -0.4 is 10.0 Å². The van der Waals surface area contributed by atoms with Gasteiger partial charge in [0.1, 0.15) is 10.9 Å². The fraction of sp³-hybridized carbons (Fsp3) is 0.294. The van der Waals surface area contributed by atoms with Crippen molar-refractivity contribution in [3.8, 4) is 0 Å². The zero-order valence-corrected chi connectivity index (χ0v) is 15.5. The highest BCUT2D eigenvalue weighted by Gasteiger charge is 2.29. The summed E-state index contributed by atoms with van der Waals surface area (Å²) in [6.45, 7) is 3.80. The lowest BCUT2D eigenvalue weighted by Gasteiger charge is -2.22. The van der Waals surface area contributed by atoms with Gasteiger partial charge in [-0.3, -0.25) is 9.78 Å².